The molecule has 0 radical (unpaired) electrons. The lowest BCUT2D eigenvalue weighted by molar-refractivity contribution is -0.479. The van der Waals surface area contributed by atoms with Crippen LogP contribution in [0.1, 0.15) is 27.8 Å². The number of hydrogen-bond donors (Lipinski definition) is 0. The van der Waals surface area contributed by atoms with Crippen molar-refractivity contribution in [2.24, 2.45) is 0 Å². The van der Waals surface area contributed by atoms with E-state index in [1.165, 1.54) is 23.9 Å². The highest BCUT2D eigenvalue weighted by molar-refractivity contribution is 7.99. The SMILES string of the molecule is Cc1ccc(-n2c(C)nnc2S[C@H](C[N+](=O)[O-])c2cc(Cl)c(OCc3cccc(F)c3)c(Cl)c2)cc1. The van der Waals surface area contributed by atoms with Gasteiger partial charge in [0, 0.05) is 10.6 Å². The molecule has 186 valence electrons. The van der Waals surface area contributed by atoms with Crippen LogP contribution in [0.25, 0.3) is 5.69 Å². The van der Waals surface area contributed by atoms with Gasteiger partial charge in [0.2, 0.25) is 6.54 Å². The van der Waals surface area contributed by atoms with E-state index in [9.17, 15) is 14.5 Å². The smallest absolute Gasteiger partial charge is 0.220 e. The highest BCUT2D eigenvalue weighted by Crippen LogP contribution is 2.42. The highest BCUT2D eigenvalue weighted by atomic mass is 35.5. The van der Waals surface area contributed by atoms with E-state index in [1.54, 1.807) is 24.3 Å². The normalized spacial score (nSPS) is 11.9. The Labute approximate surface area is 221 Å². The van der Waals surface area contributed by atoms with E-state index in [1.807, 2.05) is 42.7 Å². The third kappa shape index (κ3) is 6.16. The monoisotopic (exact) mass is 546 g/mol. The molecule has 0 saturated carbocycles. The molecule has 3 aromatic carbocycles. The minimum atomic E-state index is -0.653. The fourth-order valence-corrected chi connectivity index (χ4v) is 5.34. The van der Waals surface area contributed by atoms with Crippen LogP contribution in [0.2, 0.25) is 10.0 Å². The van der Waals surface area contributed by atoms with Gasteiger partial charge in [-0.2, -0.15) is 0 Å². The van der Waals surface area contributed by atoms with E-state index < -0.39 is 10.2 Å². The second-order valence-corrected chi connectivity index (χ2v) is 10.0. The minimum absolute atomic E-state index is 0.0581. The van der Waals surface area contributed by atoms with E-state index in [0.29, 0.717) is 22.1 Å². The summed E-state index contributed by atoms with van der Waals surface area (Å²) in [7, 11) is 0. The number of nitro groups is 1. The Morgan fingerprint density at radius 1 is 1.08 bits per heavy atom. The summed E-state index contributed by atoms with van der Waals surface area (Å²) in [5, 5.41) is 20.2. The molecule has 0 bridgehead atoms. The number of rotatable bonds is 9. The van der Waals surface area contributed by atoms with Gasteiger partial charge < -0.3 is 4.74 Å². The van der Waals surface area contributed by atoms with Crippen molar-refractivity contribution in [2.75, 3.05) is 6.54 Å². The van der Waals surface area contributed by atoms with Crippen LogP contribution in [0.5, 0.6) is 5.75 Å². The first-order chi connectivity index (χ1) is 17.2. The minimum Gasteiger partial charge on any atom is -0.486 e. The van der Waals surface area contributed by atoms with E-state index in [-0.39, 0.29) is 34.8 Å². The molecule has 0 N–H and O–H groups in total. The number of hydrogen-bond acceptors (Lipinski definition) is 6. The van der Waals surface area contributed by atoms with Crippen molar-refractivity contribution in [1.29, 1.82) is 0 Å². The number of aryl methyl sites for hydroxylation is 2. The van der Waals surface area contributed by atoms with Gasteiger partial charge in [-0.15, -0.1) is 10.2 Å². The molecule has 1 atom stereocenters. The molecule has 4 aromatic rings. The lowest BCUT2D eigenvalue weighted by Crippen LogP contribution is -2.11. The Balaban J connectivity index is 1.62. The summed E-state index contributed by atoms with van der Waals surface area (Å²) >= 11 is 14.1. The van der Waals surface area contributed by atoms with Crippen LogP contribution in [-0.2, 0) is 6.61 Å². The summed E-state index contributed by atoms with van der Waals surface area (Å²) in [4.78, 5) is 11.1. The van der Waals surface area contributed by atoms with Crippen LogP contribution in [0, 0.1) is 29.8 Å². The zero-order chi connectivity index (χ0) is 25.8. The molecule has 0 saturated heterocycles. The summed E-state index contributed by atoms with van der Waals surface area (Å²) in [6, 6.07) is 17.0. The first kappa shape index (κ1) is 25.9. The van der Waals surface area contributed by atoms with Crippen LogP contribution in [-0.4, -0.2) is 26.2 Å². The zero-order valence-corrected chi connectivity index (χ0v) is 21.6. The van der Waals surface area contributed by atoms with Crippen molar-refractivity contribution >= 4 is 35.0 Å². The summed E-state index contributed by atoms with van der Waals surface area (Å²) in [5.74, 6) is 0.491. The van der Waals surface area contributed by atoms with Crippen LogP contribution in [0.4, 0.5) is 4.39 Å². The predicted molar refractivity (Wildman–Crippen MR) is 138 cm³/mol. The van der Waals surface area contributed by atoms with Crippen molar-refractivity contribution in [2.45, 2.75) is 30.9 Å². The molecule has 0 spiro atoms. The lowest BCUT2D eigenvalue weighted by atomic mass is 10.1. The molecule has 1 aromatic heterocycles. The number of halogens is 3. The average Bonchev–Trinajstić information content (AvgIpc) is 3.18. The Morgan fingerprint density at radius 3 is 2.42 bits per heavy atom. The van der Waals surface area contributed by atoms with Crippen LogP contribution in [0.3, 0.4) is 0 Å². The summed E-state index contributed by atoms with van der Waals surface area (Å²) in [6.07, 6.45) is 0. The second kappa shape index (κ2) is 11.3. The van der Waals surface area contributed by atoms with Gasteiger partial charge in [0.05, 0.1) is 10.0 Å². The molecule has 7 nitrogen and oxygen atoms in total. The Kier molecular flexibility index (Phi) is 8.13. The van der Waals surface area contributed by atoms with Gasteiger partial charge in [-0.05, 0) is 61.4 Å². The molecule has 0 aliphatic carbocycles. The molecule has 0 aliphatic heterocycles. The van der Waals surface area contributed by atoms with E-state index >= 15 is 0 Å². The molecule has 36 heavy (non-hydrogen) atoms. The zero-order valence-electron chi connectivity index (χ0n) is 19.3. The standard InChI is InChI=1S/C25H21Cl2FN4O3S/c1-15-6-8-20(9-7-15)32-16(2)29-30-25(32)36-23(13-31(33)34)18-11-21(26)24(22(27)12-18)35-14-17-4-3-5-19(28)10-17/h3-12,23H,13-14H2,1-2H3/t23-/m1/s1. The molecule has 4 rings (SSSR count). The van der Waals surface area contributed by atoms with E-state index in [4.69, 9.17) is 27.9 Å². The number of ether oxygens (including phenoxy) is 1. The maximum absolute atomic E-state index is 13.5. The maximum atomic E-state index is 13.5. The molecule has 1 heterocycles. The van der Waals surface area contributed by atoms with Gasteiger partial charge in [0.15, 0.2) is 10.9 Å². The first-order valence-electron chi connectivity index (χ1n) is 10.8. The van der Waals surface area contributed by atoms with Crippen LogP contribution < -0.4 is 4.74 Å². The van der Waals surface area contributed by atoms with Gasteiger partial charge in [-0.25, -0.2) is 4.39 Å². The number of nitrogens with zero attached hydrogens (tertiary/aromatic N) is 4. The Hall–Kier alpha value is -3.14. The summed E-state index contributed by atoms with van der Waals surface area (Å²) in [6.45, 7) is 3.48. The molecule has 0 fully saturated rings. The van der Waals surface area contributed by atoms with Gasteiger partial charge in [0.1, 0.15) is 23.5 Å². The summed E-state index contributed by atoms with van der Waals surface area (Å²) in [5.41, 5.74) is 3.11. The van der Waals surface area contributed by atoms with Gasteiger partial charge >= 0.3 is 0 Å². The number of aromatic nitrogens is 3. The third-order valence-electron chi connectivity index (χ3n) is 5.31. The number of thioether (sulfide) groups is 1. The Bertz CT molecular complexity index is 1380. The quantitative estimate of drug-likeness (QED) is 0.127. The molecule has 0 unspecified atom stereocenters. The van der Waals surface area contributed by atoms with Gasteiger partial charge in [-0.1, -0.05) is 64.8 Å². The molecule has 11 heteroatoms. The summed E-state index contributed by atoms with van der Waals surface area (Å²) < 4.78 is 21.0. The molecular formula is C25H21Cl2FN4O3S. The Morgan fingerprint density at radius 2 is 1.78 bits per heavy atom. The average molecular weight is 547 g/mol. The van der Waals surface area contributed by atoms with Crippen molar-refractivity contribution < 1.29 is 14.1 Å². The topological polar surface area (TPSA) is 83.1 Å². The van der Waals surface area contributed by atoms with Gasteiger partial charge in [0.25, 0.3) is 0 Å². The largest absolute Gasteiger partial charge is 0.486 e. The molecule has 0 aliphatic rings. The number of benzene rings is 3. The van der Waals surface area contributed by atoms with Crippen LogP contribution >= 0.6 is 35.0 Å². The van der Waals surface area contributed by atoms with E-state index in [0.717, 1.165) is 11.3 Å². The van der Waals surface area contributed by atoms with Crippen LogP contribution in [0.15, 0.2) is 65.8 Å². The lowest BCUT2D eigenvalue weighted by Gasteiger charge is -2.17. The third-order valence-corrected chi connectivity index (χ3v) is 7.06. The maximum Gasteiger partial charge on any atom is 0.220 e. The fourth-order valence-electron chi connectivity index (χ4n) is 3.57. The van der Waals surface area contributed by atoms with Crippen molar-refractivity contribution in [3.63, 3.8) is 0 Å². The second-order valence-electron chi connectivity index (χ2n) is 8.05. The first-order valence-corrected chi connectivity index (χ1v) is 12.5. The molecule has 0 amide bonds. The fraction of sp³-hybridized carbons (Fsp3) is 0.200. The predicted octanol–water partition coefficient (Wildman–Crippen LogP) is 7.02. The van der Waals surface area contributed by atoms with Gasteiger partial charge in [-0.3, -0.25) is 14.7 Å². The van der Waals surface area contributed by atoms with Crippen molar-refractivity contribution in [1.82, 2.24) is 14.8 Å². The highest BCUT2D eigenvalue weighted by Gasteiger charge is 2.26. The molecular weight excluding hydrogens is 526 g/mol. The van der Waals surface area contributed by atoms with E-state index in [2.05, 4.69) is 10.2 Å². The van der Waals surface area contributed by atoms with Crippen molar-refractivity contribution in [3.05, 3.63) is 109 Å². The van der Waals surface area contributed by atoms with Crippen molar-refractivity contribution in [3.8, 4) is 11.4 Å².